The van der Waals surface area contributed by atoms with Crippen LogP contribution in [-0.4, -0.2) is 28.5 Å². The zero-order chi connectivity index (χ0) is 19.6. The number of hydrogen-bond donors (Lipinski definition) is 1. The second-order valence-corrected chi connectivity index (χ2v) is 6.59. The van der Waals surface area contributed by atoms with Gasteiger partial charge in [-0.2, -0.15) is 0 Å². The van der Waals surface area contributed by atoms with Crippen molar-refractivity contribution < 1.29 is 18.0 Å². The lowest BCUT2D eigenvalue weighted by Crippen LogP contribution is -2.40. The lowest BCUT2D eigenvalue weighted by atomic mass is 10.00. The third-order valence-electron chi connectivity index (χ3n) is 4.73. The third kappa shape index (κ3) is 4.04. The SMILES string of the molecule is CCC1CCCCN1c1cc(C(=O)Nc2ccc(F)c(F)c2F)nc(C)n1. The Bertz CT molecular complexity index is 859. The average Bonchev–Trinajstić information content (AvgIpc) is 2.67. The van der Waals surface area contributed by atoms with Crippen LogP contribution in [0.2, 0.25) is 0 Å². The van der Waals surface area contributed by atoms with Crippen LogP contribution in [0.1, 0.15) is 48.9 Å². The predicted molar refractivity (Wildman–Crippen MR) is 96.3 cm³/mol. The zero-order valence-corrected chi connectivity index (χ0v) is 15.2. The number of halogens is 3. The minimum atomic E-state index is -1.63. The number of nitrogens with zero attached hydrogens (tertiary/aromatic N) is 3. The molecular formula is C19H21F3N4O. The molecule has 1 aliphatic rings. The summed E-state index contributed by atoms with van der Waals surface area (Å²) < 4.78 is 40.2. The number of piperidine rings is 1. The maximum absolute atomic E-state index is 13.8. The van der Waals surface area contributed by atoms with Crippen molar-refractivity contribution in [2.75, 3.05) is 16.8 Å². The van der Waals surface area contributed by atoms with Gasteiger partial charge in [0.05, 0.1) is 5.69 Å². The van der Waals surface area contributed by atoms with Gasteiger partial charge < -0.3 is 10.2 Å². The van der Waals surface area contributed by atoms with Gasteiger partial charge in [-0.1, -0.05) is 6.92 Å². The standard InChI is InChI=1S/C19H21F3N4O/c1-3-12-6-4-5-9-26(12)16-10-15(23-11(2)24-16)19(27)25-14-8-7-13(20)17(21)18(14)22/h7-8,10,12H,3-6,9H2,1-2H3,(H,25,27). The van der Waals surface area contributed by atoms with Crippen LogP contribution < -0.4 is 10.2 Å². The van der Waals surface area contributed by atoms with E-state index >= 15 is 0 Å². The lowest BCUT2D eigenvalue weighted by Gasteiger charge is -2.36. The number of aryl methyl sites for hydroxylation is 1. The molecule has 0 radical (unpaired) electrons. The topological polar surface area (TPSA) is 58.1 Å². The van der Waals surface area contributed by atoms with E-state index in [1.54, 1.807) is 13.0 Å². The number of nitrogens with one attached hydrogen (secondary N) is 1. The first-order chi connectivity index (χ1) is 12.9. The van der Waals surface area contributed by atoms with Gasteiger partial charge >= 0.3 is 0 Å². The van der Waals surface area contributed by atoms with Crippen LogP contribution in [0, 0.1) is 24.4 Å². The summed E-state index contributed by atoms with van der Waals surface area (Å²) in [6.07, 6.45) is 4.22. The molecule has 2 aromatic rings. The third-order valence-corrected chi connectivity index (χ3v) is 4.73. The van der Waals surface area contributed by atoms with E-state index in [2.05, 4.69) is 27.1 Å². The second-order valence-electron chi connectivity index (χ2n) is 6.59. The summed E-state index contributed by atoms with van der Waals surface area (Å²) in [6, 6.07) is 3.61. The Balaban J connectivity index is 1.87. The van der Waals surface area contributed by atoms with Gasteiger partial charge in [0, 0.05) is 18.7 Å². The largest absolute Gasteiger partial charge is 0.354 e. The highest BCUT2D eigenvalue weighted by atomic mass is 19.2. The average molecular weight is 378 g/mol. The second kappa shape index (κ2) is 7.94. The van der Waals surface area contributed by atoms with Crippen molar-refractivity contribution in [3.05, 3.63) is 47.2 Å². The molecule has 144 valence electrons. The normalized spacial score (nSPS) is 17.1. The Labute approximate surface area is 155 Å². The van der Waals surface area contributed by atoms with Gasteiger partial charge in [0.25, 0.3) is 5.91 Å². The highest BCUT2D eigenvalue weighted by Crippen LogP contribution is 2.26. The molecule has 1 aromatic carbocycles. The first-order valence-electron chi connectivity index (χ1n) is 8.98. The summed E-state index contributed by atoms with van der Waals surface area (Å²) in [4.78, 5) is 23.2. The Hall–Kier alpha value is -2.64. The Morgan fingerprint density at radius 3 is 2.74 bits per heavy atom. The quantitative estimate of drug-likeness (QED) is 0.809. The van der Waals surface area contributed by atoms with E-state index in [4.69, 9.17) is 0 Å². The molecule has 1 amide bonds. The molecule has 5 nitrogen and oxygen atoms in total. The molecule has 0 bridgehead atoms. The number of benzene rings is 1. The summed E-state index contributed by atoms with van der Waals surface area (Å²) in [7, 11) is 0. The van der Waals surface area contributed by atoms with Crippen LogP contribution in [-0.2, 0) is 0 Å². The van der Waals surface area contributed by atoms with Gasteiger partial charge in [-0.25, -0.2) is 23.1 Å². The highest BCUT2D eigenvalue weighted by Gasteiger charge is 2.24. The molecule has 1 N–H and O–H groups in total. The van der Waals surface area contributed by atoms with E-state index in [0.29, 0.717) is 17.7 Å². The number of anilines is 2. The molecule has 8 heteroatoms. The smallest absolute Gasteiger partial charge is 0.274 e. The molecule has 1 unspecified atom stereocenters. The van der Waals surface area contributed by atoms with Crippen LogP contribution in [0.25, 0.3) is 0 Å². The molecule has 0 aliphatic carbocycles. The fourth-order valence-electron chi connectivity index (χ4n) is 3.35. The Morgan fingerprint density at radius 2 is 2.00 bits per heavy atom. The van der Waals surface area contributed by atoms with E-state index in [-0.39, 0.29) is 5.69 Å². The zero-order valence-electron chi connectivity index (χ0n) is 15.2. The fraction of sp³-hybridized carbons (Fsp3) is 0.421. The molecule has 0 spiro atoms. The van der Waals surface area contributed by atoms with Crippen molar-refractivity contribution in [3.8, 4) is 0 Å². The minimum absolute atomic E-state index is 0.0436. The molecule has 1 atom stereocenters. The first kappa shape index (κ1) is 19.1. The van der Waals surface area contributed by atoms with Crippen molar-refractivity contribution >= 4 is 17.4 Å². The molecule has 1 fully saturated rings. The highest BCUT2D eigenvalue weighted by molar-refractivity contribution is 6.03. The number of rotatable bonds is 4. The number of hydrogen-bond acceptors (Lipinski definition) is 4. The minimum Gasteiger partial charge on any atom is -0.354 e. The molecular weight excluding hydrogens is 357 g/mol. The molecule has 0 saturated carbocycles. The van der Waals surface area contributed by atoms with E-state index in [1.807, 2.05) is 0 Å². The van der Waals surface area contributed by atoms with Gasteiger partial charge in [0.2, 0.25) is 0 Å². The molecule has 1 aliphatic heterocycles. The van der Waals surface area contributed by atoms with Gasteiger partial charge in [0.15, 0.2) is 17.5 Å². The molecule has 27 heavy (non-hydrogen) atoms. The number of carbonyl (C=O) groups is 1. The summed E-state index contributed by atoms with van der Waals surface area (Å²) >= 11 is 0. The van der Waals surface area contributed by atoms with Crippen LogP contribution in [0.5, 0.6) is 0 Å². The van der Waals surface area contributed by atoms with Crippen LogP contribution in [0.4, 0.5) is 24.7 Å². The van der Waals surface area contributed by atoms with Crippen molar-refractivity contribution in [2.45, 2.75) is 45.6 Å². The number of aromatic nitrogens is 2. The number of carbonyl (C=O) groups excluding carboxylic acids is 1. The first-order valence-corrected chi connectivity index (χ1v) is 8.98. The lowest BCUT2D eigenvalue weighted by molar-refractivity contribution is 0.102. The van der Waals surface area contributed by atoms with Crippen LogP contribution >= 0.6 is 0 Å². The van der Waals surface area contributed by atoms with Gasteiger partial charge in [-0.15, -0.1) is 0 Å². The molecule has 2 heterocycles. The van der Waals surface area contributed by atoms with Crippen molar-refractivity contribution in [3.63, 3.8) is 0 Å². The summed E-state index contributed by atoms with van der Waals surface area (Å²) in [5.74, 6) is -4.06. The van der Waals surface area contributed by atoms with E-state index in [9.17, 15) is 18.0 Å². The van der Waals surface area contributed by atoms with E-state index < -0.39 is 29.0 Å². The maximum Gasteiger partial charge on any atom is 0.274 e. The number of amides is 1. The van der Waals surface area contributed by atoms with Crippen LogP contribution in [0.15, 0.2) is 18.2 Å². The fourth-order valence-corrected chi connectivity index (χ4v) is 3.35. The van der Waals surface area contributed by atoms with Gasteiger partial charge in [0.1, 0.15) is 17.3 Å². The molecule has 3 rings (SSSR count). The summed E-state index contributed by atoms with van der Waals surface area (Å²) in [5.41, 5.74) is -0.400. The maximum atomic E-state index is 13.8. The van der Waals surface area contributed by atoms with Gasteiger partial charge in [-0.3, -0.25) is 4.79 Å². The van der Waals surface area contributed by atoms with Crippen molar-refractivity contribution in [1.82, 2.24) is 9.97 Å². The van der Waals surface area contributed by atoms with Crippen LogP contribution in [0.3, 0.4) is 0 Å². The van der Waals surface area contributed by atoms with E-state index in [0.717, 1.165) is 44.4 Å². The van der Waals surface area contributed by atoms with Crippen molar-refractivity contribution in [2.24, 2.45) is 0 Å². The Morgan fingerprint density at radius 1 is 1.22 bits per heavy atom. The van der Waals surface area contributed by atoms with Gasteiger partial charge in [-0.05, 0) is 44.7 Å². The molecule has 1 saturated heterocycles. The molecule has 1 aromatic heterocycles. The Kier molecular flexibility index (Phi) is 5.62. The predicted octanol–water partition coefficient (Wildman–Crippen LogP) is 4.22. The van der Waals surface area contributed by atoms with Crippen molar-refractivity contribution in [1.29, 1.82) is 0 Å². The summed E-state index contributed by atoms with van der Waals surface area (Å²) in [6.45, 7) is 4.62. The summed E-state index contributed by atoms with van der Waals surface area (Å²) in [5, 5.41) is 2.25. The monoisotopic (exact) mass is 378 g/mol. The van der Waals surface area contributed by atoms with E-state index in [1.165, 1.54) is 0 Å².